The van der Waals surface area contributed by atoms with Crippen LogP contribution in [0.1, 0.15) is 44.9 Å². The van der Waals surface area contributed by atoms with Crippen molar-refractivity contribution in [1.82, 2.24) is 4.90 Å². The van der Waals surface area contributed by atoms with Gasteiger partial charge >= 0.3 is 0 Å². The maximum atomic E-state index is 11.6. The van der Waals surface area contributed by atoms with E-state index in [0.717, 1.165) is 43.1 Å². The molecule has 4 bridgehead atoms. The minimum atomic E-state index is -0.0821. The summed E-state index contributed by atoms with van der Waals surface area (Å²) in [5.74, 6) is 3.69. The van der Waals surface area contributed by atoms with Crippen LogP contribution in [0, 0.1) is 23.7 Å². The molecule has 108 valence electrons. The van der Waals surface area contributed by atoms with Crippen LogP contribution in [-0.4, -0.2) is 29.4 Å². The zero-order valence-corrected chi connectivity index (χ0v) is 12.3. The number of carbonyl (C=O) groups is 1. The molecule has 2 N–H and O–H groups in total. The van der Waals surface area contributed by atoms with Crippen LogP contribution in [0.2, 0.25) is 0 Å². The van der Waals surface area contributed by atoms with Gasteiger partial charge < -0.3 is 5.73 Å². The molecule has 4 heteroatoms. The Bertz CT molecular complexity index is 345. The van der Waals surface area contributed by atoms with E-state index in [-0.39, 0.29) is 24.4 Å². The van der Waals surface area contributed by atoms with Gasteiger partial charge in [-0.15, -0.1) is 12.4 Å². The minimum Gasteiger partial charge on any atom is -0.368 e. The first-order valence-corrected chi connectivity index (χ1v) is 7.77. The molecule has 19 heavy (non-hydrogen) atoms. The number of amides is 1. The van der Waals surface area contributed by atoms with E-state index in [9.17, 15) is 4.79 Å². The Kier molecular flexibility index (Phi) is 3.55. The van der Waals surface area contributed by atoms with Gasteiger partial charge in [-0.05, 0) is 75.2 Å². The van der Waals surface area contributed by atoms with E-state index in [1.807, 2.05) is 0 Å². The average Bonchev–Trinajstić information content (AvgIpc) is 2.76. The maximum Gasteiger partial charge on any atom is 0.234 e. The van der Waals surface area contributed by atoms with Gasteiger partial charge in [0, 0.05) is 6.04 Å². The zero-order valence-electron chi connectivity index (χ0n) is 11.5. The number of halogens is 1. The molecule has 0 radical (unpaired) electrons. The summed E-state index contributed by atoms with van der Waals surface area (Å²) >= 11 is 0. The van der Waals surface area contributed by atoms with E-state index in [4.69, 9.17) is 5.73 Å². The zero-order chi connectivity index (χ0) is 12.3. The van der Waals surface area contributed by atoms with Crippen molar-refractivity contribution in [3.05, 3.63) is 0 Å². The summed E-state index contributed by atoms with van der Waals surface area (Å²) in [4.78, 5) is 14.1. The van der Waals surface area contributed by atoms with Gasteiger partial charge in [0.15, 0.2) is 0 Å². The fraction of sp³-hybridized carbons (Fsp3) is 0.933. The highest BCUT2D eigenvalue weighted by molar-refractivity contribution is 5.85. The van der Waals surface area contributed by atoms with Gasteiger partial charge in [-0.2, -0.15) is 0 Å². The van der Waals surface area contributed by atoms with Crippen molar-refractivity contribution in [2.75, 3.05) is 6.54 Å². The number of likely N-dealkylation sites (tertiary alicyclic amines) is 1. The summed E-state index contributed by atoms with van der Waals surface area (Å²) in [6.07, 6.45) is 9.38. The number of hydrogen-bond acceptors (Lipinski definition) is 2. The largest absolute Gasteiger partial charge is 0.368 e. The van der Waals surface area contributed by atoms with Gasteiger partial charge in [-0.1, -0.05) is 0 Å². The molecule has 1 aliphatic heterocycles. The SMILES string of the molecule is Cl.NC(=O)[C@H]1CCCN1C1C2CC3CC(C2)CC1C3. The number of carbonyl (C=O) groups excluding carboxylic acids is 1. The molecule has 0 aromatic heterocycles. The highest BCUT2D eigenvalue weighted by atomic mass is 35.5. The summed E-state index contributed by atoms with van der Waals surface area (Å²) in [5.41, 5.74) is 5.60. The van der Waals surface area contributed by atoms with Crippen molar-refractivity contribution < 1.29 is 4.79 Å². The Morgan fingerprint density at radius 2 is 1.58 bits per heavy atom. The highest BCUT2D eigenvalue weighted by Gasteiger charge is 2.52. The van der Waals surface area contributed by atoms with E-state index in [0.29, 0.717) is 6.04 Å². The molecule has 4 aliphatic carbocycles. The molecule has 1 heterocycles. The summed E-state index contributed by atoms with van der Waals surface area (Å²) < 4.78 is 0. The summed E-state index contributed by atoms with van der Waals surface area (Å²) in [6, 6.07) is 0.741. The van der Waals surface area contributed by atoms with Crippen molar-refractivity contribution in [2.45, 2.75) is 57.0 Å². The standard InChI is InChI=1S/C15H24N2O.ClH/c16-15(18)13-2-1-3-17(13)14-11-5-9-4-10(7-11)8-12(14)6-9;/h9-14H,1-8H2,(H2,16,18);1H/t9?,10?,11?,12?,13-,14?;/m1./s1. The first-order chi connectivity index (χ1) is 8.72. The van der Waals surface area contributed by atoms with Gasteiger partial charge in [0.25, 0.3) is 0 Å². The molecule has 3 nitrogen and oxygen atoms in total. The summed E-state index contributed by atoms with van der Waals surface area (Å²) in [6.45, 7) is 1.11. The Morgan fingerprint density at radius 3 is 2.11 bits per heavy atom. The smallest absolute Gasteiger partial charge is 0.234 e. The Labute approximate surface area is 121 Å². The minimum absolute atomic E-state index is 0. The predicted octanol–water partition coefficient (Wildman–Crippen LogP) is 2.18. The molecule has 4 saturated carbocycles. The molecule has 0 spiro atoms. The average molecular weight is 285 g/mol. The molecule has 1 amide bonds. The highest BCUT2D eigenvalue weighted by Crippen LogP contribution is 2.55. The van der Waals surface area contributed by atoms with Crippen LogP contribution in [0.4, 0.5) is 0 Å². The van der Waals surface area contributed by atoms with Crippen LogP contribution in [0.3, 0.4) is 0 Å². The van der Waals surface area contributed by atoms with Crippen LogP contribution in [0.25, 0.3) is 0 Å². The fourth-order valence-electron chi connectivity index (χ4n) is 5.89. The van der Waals surface area contributed by atoms with Gasteiger partial charge in [0.05, 0.1) is 6.04 Å². The summed E-state index contributed by atoms with van der Waals surface area (Å²) in [5, 5.41) is 0. The summed E-state index contributed by atoms with van der Waals surface area (Å²) in [7, 11) is 0. The van der Waals surface area contributed by atoms with Crippen LogP contribution in [0.15, 0.2) is 0 Å². The molecular weight excluding hydrogens is 260 g/mol. The third-order valence-electron chi connectivity index (χ3n) is 6.18. The molecule has 0 aromatic carbocycles. The van der Waals surface area contributed by atoms with Crippen molar-refractivity contribution in [2.24, 2.45) is 29.4 Å². The lowest BCUT2D eigenvalue weighted by atomic mass is 9.54. The van der Waals surface area contributed by atoms with E-state index >= 15 is 0 Å². The quantitative estimate of drug-likeness (QED) is 0.845. The lowest BCUT2D eigenvalue weighted by molar-refractivity contribution is -0.127. The van der Waals surface area contributed by atoms with Crippen molar-refractivity contribution in [3.8, 4) is 0 Å². The van der Waals surface area contributed by atoms with Crippen LogP contribution >= 0.6 is 12.4 Å². The van der Waals surface area contributed by atoms with Gasteiger partial charge in [0.1, 0.15) is 0 Å². The maximum absolute atomic E-state index is 11.6. The van der Waals surface area contributed by atoms with E-state index in [1.54, 1.807) is 0 Å². The first-order valence-electron chi connectivity index (χ1n) is 7.77. The lowest BCUT2D eigenvalue weighted by Crippen LogP contribution is -2.58. The van der Waals surface area contributed by atoms with Gasteiger partial charge in [-0.3, -0.25) is 9.69 Å². The first kappa shape index (κ1) is 13.7. The monoisotopic (exact) mass is 284 g/mol. The van der Waals surface area contributed by atoms with Crippen LogP contribution in [0.5, 0.6) is 0 Å². The Balaban J connectivity index is 0.00000110. The second-order valence-electron chi connectivity index (χ2n) is 7.22. The molecule has 5 aliphatic rings. The molecule has 0 aromatic rings. The Morgan fingerprint density at radius 1 is 1.00 bits per heavy atom. The molecule has 5 rings (SSSR count). The third kappa shape index (κ3) is 2.09. The van der Waals surface area contributed by atoms with E-state index in [2.05, 4.69) is 4.90 Å². The number of primary amides is 1. The fourth-order valence-corrected chi connectivity index (χ4v) is 5.89. The topological polar surface area (TPSA) is 46.3 Å². The second kappa shape index (κ2) is 4.92. The second-order valence-corrected chi connectivity index (χ2v) is 7.22. The predicted molar refractivity (Wildman–Crippen MR) is 77.0 cm³/mol. The molecule has 1 atom stereocenters. The number of nitrogens with two attached hydrogens (primary N) is 1. The number of hydrogen-bond donors (Lipinski definition) is 1. The third-order valence-corrected chi connectivity index (χ3v) is 6.18. The van der Waals surface area contributed by atoms with Gasteiger partial charge in [0.2, 0.25) is 5.91 Å². The number of nitrogens with zero attached hydrogens (tertiary/aromatic N) is 1. The van der Waals surface area contributed by atoms with Crippen molar-refractivity contribution >= 4 is 18.3 Å². The van der Waals surface area contributed by atoms with Gasteiger partial charge in [-0.25, -0.2) is 0 Å². The van der Waals surface area contributed by atoms with Crippen LogP contribution < -0.4 is 5.73 Å². The number of rotatable bonds is 2. The van der Waals surface area contributed by atoms with Crippen molar-refractivity contribution in [3.63, 3.8) is 0 Å². The molecule has 5 fully saturated rings. The van der Waals surface area contributed by atoms with E-state index < -0.39 is 0 Å². The molecular formula is C15H25ClN2O. The Hall–Kier alpha value is -0.280. The lowest BCUT2D eigenvalue weighted by Gasteiger charge is -2.57. The van der Waals surface area contributed by atoms with E-state index in [1.165, 1.54) is 32.1 Å². The van der Waals surface area contributed by atoms with Crippen LogP contribution in [-0.2, 0) is 4.79 Å². The normalized spacial score (nSPS) is 48.2. The molecule has 0 unspecified atom stereocenters. The molecule has 1 saturated heterocycles. The van der Waals surface area contributed by atoms with Crippen molar-refractivity contribution in [1.29, 1.82) is 0 Å².